The van der Waals surface area contributed by atoms with E-state index in [1.165, 1.54) is 38.6 Å². The van der Waals surface area contributed by atoms with Gasteiger partial charge >= 0.3 is 18.3 Å². The Hall–Kier alpha value is -5.21. The minimum atomic E-state index is -5.05. The summed E-state index contributed by atoms with van der Waals surface area (Å²) in [5, 5.41) is 0. The predicted molar refractivity (Wildman–Crippen MR) is 190 cm³/mol. The molecule has 0 unspecified atom stereocenters. The fourth-order valence-electron chi connectivity index (χ4n) is 5.52. The fraction of sp³-hybridized carbons (Fsp3) is 0.410. The second-order valence-electron chi connectivity index (χ2n) is 13.7. The second kappa shape index (κ2) is 16.9. The molecule has 0 radical (unpaired) electrons. The lowest BCUT2D eigenvalue weighted by Crippen LogP contribution is -2.25. The highest BCUT2D eigenvalue weighted by atomic mass is 19.4. The van der Waals surface area contributed by atoms with Crippen molar-refractivity contribution in [1.29, 1.82) is 0 Å². The van der Waals surface area contributed by atoms with E-state index >= 15 is 0 Å². The molecule has 4 rings (SSSR count). The summed E-state index contributed by atoms with van der Waals surface area (Å²) in [6.45, 7) is 8.60. The number of aromatic nitrogens is 2. The number of hydrogen-bond acceptors (Lipinski definition) is 9. The third-order valence-corrected chi connectivity index (χ3v) is 8.06. The van der Waals surface area contributed by atoms with Crippen molar-refractivity contribution in [3.8, 4) is 34.1 Å². The van der Waals surface area contributed by atoms with E-state index in [9.17, 15) is 31.1 Å². The number of carbonyl (C=O) groups is 1. The van der Waals surface area contributed by atoms with Gasteiger partial charge in [-0.3, -0.25) is 4.79 Å². The van der Waals surface area contributed by atoms with E-state index in [0.717, 1.165) is 5.56 Å². The monoisotopic (exact) mass is 763 g/mol. The van der Waals surface area contributed by atoms with Crippen molar-refractivity contribution in [2.24, 2.45) is 0 Å². The topological polar surface area (TPSA) is 92.2 Å². The Bertz CT molecular complexity index is 1880. The highest BCUT2D eigenvalue weighted by Crippen LogP contribution is 2.42. The van der Waals surface area contributed by atoms with Crippen LogP contribution in [0.25, 0.3) is 11.1 Å². The molecule has 1 heterocycles. The third kappa shape index (κ3) is 10.9. The summed E-state index contributed by atoms with van der Waals surface area (Å²) < 4.78 is 111. The third-order valence-electron chi connectivity index (χ3n) is 8.06. The van der Waals surface area contributed by atoms with E-state index in [1.54, 1.807) is 32.9 Å². The Morgan fingerprint density at radius 1 is 0.741 bits per heavy atom. The minimum absolute atomic E-state index is 0.0379. The van der Waals surface area contributed by atoms with Crippen molar-refractivity contribution in [2.45, 2.75) is 78.0 Å². The molecule has 0 aliphatic heterocycles. The molecule has 4 aromatic rings. The van der Waals surface area contributed by atoms with Gasteiger partial charge in [-0.25, -0.2) is 9.97 Å². The lowest BCUT2D eigenvalue weighted by Gasteiger charge is -2.26. The zero-order valence-electron chi connectivity index (χ0n) is 31.2. The molecule has 54 heavy (non-hydrogen) atoms. The first kappa shape index (κ1) is 41.5. The summed E-state index contributed by atoms with van der Waals surface area (Å²) in [4.78, 5) is 22.3. The molecule has 0 aliphatic carbocycles. The fourth-order valence-corrected chi connectivity index (χ4v) is 5.52. The molecule has 0 amide bonds. The van der Waals surface area contributed by atoms with Gasteiger partial charge in [-0.2, -0.15) is 26.3 Å². The van der Waals surface area contributed by atoms with Crippen molar-refractivity contribution < 1.29 is 54.8 Å². The van der Waals surface area contributed by atoms with Crippen LogP contribution in [0.4, 0.5) is 32.3 Å². The molecule has 292 valence electrons. The van der Waals surface area contributed by atoms with Gasteiger partial charge in [-0.1, -0.05) is 19.9 Å². The molecule has 9 nitrogen and oxygen atoms in total. The maximum absolute atomic E-state index is 13.9. The predicted octanol–water partition coefficient (Wildman–Crippen LogP) is 9.65. The maximum atomic E-state index is 13.9. The van der Waals surface area contributed by atoms with Gasteiger partial charge in [0.15, 0.2) is 17.2 Å². The SMILES string of the molecule is COc1cc(CN(Cc2cc(C(F)(F)F)cc(C(F)(F)F)c2)c2ncc(OCCC(=O)OC(C)(C)C)cn2)c(-c2cc(C(C)C)ccc2OC)cc1OC. The standard InChI is InChI=1S/C39H43F6N3O6/c1-23(2)25-9-10-32(50-6)31(15-25)30-18-34(52-8)33(51-7)16-26(30)22-48(21-24-13-27(38(40,41)42)17-28(14-24)39(43,44)45)36-46-19-29(20-47-36)53-12-11-35(49)54-37(3,4)5/h9-10,13-20,23H,11-12,21-22H2,1-8H3. The Labute approximate surface area is 310 Å². The first-order chi connectivity index (χ1) is 25.2. The number of nitrogens with zero attached hydrogens (tertiary/aromatic N) is 3. The van der Waals surface area contributed by atoms with Crippen LogP contribution in [0.1, 0.15) is 74.8 Å². The molecule has 0 bridgehead atoms. The van der Waals surface area contributed by atoms with Crippen LogP contribution in [0.5, 0.6) is 23.0 Å². The number of carbonyl (C=O) groups excluding carboxylic acids is 1. The lowest BCUT2D eigenvalue weighted by molar-refractivity contribution is -0.155. The van der Waals surface area contributed by atoms with Crippen molar-refractivity contribution in [1.82, 2.24) is 9.97 Å². The molecule has 15 heteroatoms. The highest BCUT2D eigenvalue weighted by Gasteiger charge is 2.37. The number of esters is 1. The van der Waals surface area contributed by atoms with E-state index in [-0.39, 0.29) is 48.8 Å². The molecule has 3 aromatic carbocycles. The van der Waals surface area contributed by atoms with Gasteiger partial charge in [0.05, 0.1) is 57.9 Å². The van der Waals surface area contributed by atoms with Crippen molar-refractivity contribution in [3.05, 3.63) is 88.7 Å². The first-order valence-corrected chi connectivity index (χ1v) is 16.9. The number of halogens is 6. The summed E-state index contributed by atoms with van der Waals surface area (Å²) in [6.07, 6.45) is -7.58. The summed E-state index contributed by atoms with van der Waals surface area (Å²) >= 11 is 0. The normalized spacial score (nSPS) is 12.1. The first-order valence-electron chi connectivity index (χ1n) is 16.9. The molecule has 0 atom stereocenters. The largest absolute Gasteiger partial charge is 0.496 e. The van der Waals surface area contributed by atoms with E-state index in [4.69, 9.17) is 23.7 Å². The smallest absolute Gasteiger partial charge is 0.416 e. The molecule has 0 N–H and O–H groups in total. The Morgan fingerprint density at radius 3 is 1.83 bits per heavy atom. The zero-order chi connectivity index (χ0) is 40.0. The van der Waals surface area contributed by atoms with Crippen LogP contribution < -0.4 is 23.8 Å². The van der Waals surface area contributed by atoms with Gasteiger partial charge in [-0.15, -0.1) is 0 Å². The van der Waals surface area contributed by atoms with Crippen LogP contribution in [0, 0.1) is 0 Å². The van der Waals surface area contributed by atoms with E-state index in [2.05, 4.69) is 9.97 Å². The number of alkyl halides is 6. The average molecular weight is 764 g/mol. The molecular weight excluding hydrogens is 720 g/mol. The molecule has 0 saturated heterocycles. The van der Waals surface area contributed by atoms with E-state index in [1.807, 2.05) is 32.0 Å². The number of rotatable bonds is 14. The van der Waals surface area contributed by atoms with Crippen LogP contribution in [0.2, 0.25) is 0 Å². The van der Waals surface area contributed by atoms with E-state index < -0.39 is 41.6 Å². The summed E-state index contributed by atoms with van der Waals surface area (Å²) in [7, 11) is 4.41. The van der Waals surface area contributed by atoms with Gasteiger partial charge in [-0.05, 0) is 91.4 Å². The van der Waals surface area contributed by atoms with Gasteiger partial charge in [0.25, 0.3) is 0 Å². The molecule has 1 aromatic heterocycles. The van der Waals surface area contributed by atoms with Gasteiger partial charge in [0.2, 0.25) is 5.95 Å². The number of anilines is 1. The van der Waals surface area contributed by atoms with Crippen molar-refractivity contribution in [2.75, 3.05) is 32.8 Å². The minimum Gasteiger partial charge on any atom is -0.496 e. The van der Waals surface area contributed by atoms with Gasteiger partial charge < -0.3 is 28.6 Å². The summed E-state index contributed by atoms with van der Waals surface area (Å²) in [5.74, 6) is 0.992. The van der Waals surface area contributed by atoms with Crippen LogP contribution in [0.15, 0.2) is 60.9 Å². The summed E-state index contributed by atoms with van der Waals surface area (Å²) in [5.41, 5.74) is -1.10. The van der Waals surface area contributed by atoms with Crippen molar-refractivity contribution >= 4 is 11.9 Å². The molecule has 0 saturated carbocycles. The summed E-state index contributed by atoms with van der Waals surface area (Å²) in [6, 6.07) is 10.5. The van der Waals surface area contributed by atoms with Crippen LogP contribution in [0.3, 0.4) is 0 Å². The van der Waals surface area contributed by atoms with Gasteiger partial charge in [0, 0.05) is 18.7 Å². The number of ether oxygens (including phenoxy) is 5. The molecule has 0 fully saturated rings. The average Bonchev–Trinajstić information content (AvgIpc) is 3.09. The molecule has 0 aliphatic rings. The van der Waals surface area contributed by atoms with Gasteiger partial charge in [0.1, 0.15) is 11.4 Å². The van der Waals surface area contributed by atoms with Crippen LogP contribution >= 0.6 is 0 Å². The quantitative estimate of drug-likeness (QED) is 0.0920. The maximum Gasteiger partial charge on any atom is 0.416 e. The van der Waals surface area contributed by atoms with Crippen LogP contribution in [-0.4, -0.2) is 49.5 Å². The number of hydrogen-bond donors (Lipinski definition) is 0. The van der Waals surface area contributed by atoms with E-state index in [0.29, 0.717) is 46.1 Å². The Morgan fingerprint density at radius 2 is 1.31 bits per heavy atom. The molecular formula is C39H43F6N3O6. The second-order valence-corrected chi connectivity index (χ2v) is 13.7. The zero-order valence-corrected chi connectivity index (χ0v) is 31.2. The number of benzene rings is 3. The number of methoxy groups -OCH3 is 3. The molecule has 0 spiro atoms. The highest BCUT2D eigenvalue weighted by molar-refractivity contribution is 5.77. The lowest BCUT2D eigenvalue weighted by atomic mass is 9.93. The Kier molecular flexibility index (Phi) is 13.0. The van der Waals surface area contributed by atoms with Crippen molar-refractivity contribution in [3.63, 3.8) is 0 Å². The Balaban J connectivity index is 1.84. The van der Waals surface area contributed by atoms with Crippen LogP contribution in [-0.2, 0) is 35.0 Å².